The Morgan fingerprint density at radius 3 is 2.45 bits per heavy atom. The molecule has 156 valence electrons. The zero-order chi connectivity index (χ0) is 28.1. The summed E-state index contributed by atoms with van der Waals surface area (Å²) in [7, 11) is 0. The number of carbonyl (C=O) groups excluding carboxylic acids is 3. The van der Waals surface area contributed by atoms with Gasteiger partial charge in [0.25, 0.3) is 5.91 Å². The van der Waals surface area contributed by atoms with Gasteiger partial charge in [0, 0.05) is 55.7 Å². The Balaban J connectivity index is 1.82. The molecule has 0 aromatic heterocycles. The number of rotatable bonds is 2. The Kier molecular flexibility index (Phi) is 3.00. The molecule has 8 heteroatoms. The second-order valence-corrected chi connectivity index (χ2v) is 8.15. The van der Waals surface area contributed by atoms with Crippen LogP contribution in [0.4, 0.5) is 10.1 Å². The van der Waals surface area contributed by atoms with Gasteiger partial charge in [-0.15, -0.1) is 0 Å². The summed E-state index contributed by atoms with van der Waals surface area (Å²) in [5.74, 6) is -3.20. The maximum atomic E-state index is 15.3. The summed E-state index contributed by atoms with van der Waals surface area (Å²) in [6.45, 7) is -8.62. The largest absolute Gasteiger partial charge is 0.369 e. The minimum absolute atomic E-state index is 0.00401. The zero-order valence-corrected chi connectivity index (χ0v) is 16.3. The molecule has 3 aliphatic heterocycles. The van der Waals surface area contributed by atoms with Crippen LogP contribution in [0.3, 0.4) is 0 Å². The molecule has 0 bridgehead atoms. The standard InChI is InChI=1S/C21H27FN4O3/c1-21(2,3)25-8-6-24(7-9-25)14-10-13-12-26(20(29)18(13)15(22)11-14)16-4-5-17(27)23-19(16)28/h10-11,16H,4-9,12H2,1-3H3,(H,23,27,28)/t16-/m0/s1/i6D2,7D2,8D2,9D2. The molecule has 3 aliphatic rings. The van der Waals surface area contributed by atoms with Gasteiger partial charge in [0.05, 0.1) is 11.0 Å². The third kappa shape index (κ3) is 3.61. The van der Waals surface area contributed by atoms with Crippen LogP contribution < -0.4 is 10.2 Å². The summed E-state index contributed by atoms with van der Waals surface area (Å²) in [5, 5.41) is 2.13. The number of amides is 3. The van der Waals surface area contributed by atoms with E-state index in [0.717, 1.165) is 11.0 Å². The molecule has 2 fully saturated rings. The maximum absolute atomic E-state index is 15.3. The normalized spacial score (nSPS) is 34.5. The molecule has 0 unspecified atom stereocenters. The summed E-state index contributed by atoms with van der Waals surface area (Å²) in [6.07, 6.45) is 0.00600. The van der Waals surface area contributed by atoms with Crippen LogP contribution in [0.25, 0.3) is 0 Å². The Bertz CT molecular complexity index is 1170. The van der Waals surface area contributed by atoms with Gasteiger partial charge in [-0.05, 0) is 44.9 Å². The predicted molar refractivity (Wildman–Crippen MR) is 106 cm³/mol. The molecule has 1 atom stereocenters. The van der Waals surface area contributed by atoms with Crippen LogP contribution in [-0.4, -0.2) is 65.1 Å². The van der Waals surface area contributed by atoms with E-state index in [9.17, 15) is 14.4 Å². The number of benzene rings is 1. The highest BCUT2D eigenvalue weighted by molar-refractivity contribution is 6.05. The molecule has 0 saturated carbocycles. The van der Waals surface area contributed by atoms with Crippen LogP contribution in [0.15, 0.2) is 12.1 Å². The Hall–Kier alpha value is -2.48. The zero-order valence-electron chi connectivity index (χ0n) is 24.3. The molecule has 0 aliphatic carbocycles. The van der Waals surface area contributed by atoms with Crippen LogP contribution in [0.2, 0.25) is 0 Å². The van der Waals surface area contributed by atoms with Gasteiger partial charge in [-0.25, -0.2) is 4.39 Å². The number of hydrogen-bond donors (Lipinski definition) is 1. The first-order valence-corrected chi connectivity index (χ1v) is 9.25. The van der Waals surface area contributed by atoms with Crippen LogP contribution in [0.5, 0.6) is 0 Å². The van der Waals surface area contributed by atoms with Gasteiger partial charge in [-0.3, -0.25) is 24.6 Å². The SMILES string of the molecule is [2H]C1([2H])N(c2cc(F)c3c(c2)CN([C@H]2CCC(=O)NC2=O)C3=O)C([2H])([2H])C([2H])([2H])N(C(C)(C)C)C1([2H])[2H]. The molecular formula is C21H27FN4O3. The molecule has 0 radical (unpaired) electrons. The van der Waals surface area contributed by atoms with Crippen molar-refractivity contribution in [2.24, 2.45) is 0 Å². The summed E-state index contributed by atoms with van der Waals surface area (Å²) < 4.78 is 83.9. The van der Waals surface area contributed by atoms with Crippen LogP contribution >= 0.6 is 0 Å². The van der Waals surface area contributed by atoms with Gasteiger partial charge in [0.15, 0.2) is 0 Å². The average molecular weight is 411 g/mol. The number of hydrogen-bond acceptors (Lipinski definition) is 5. The molecule has 3 amide bonds. The number of nitrogens with zero attached hydrogens (tertiary/aromatic N) is 3. The Morgan fingerprint density at radius 1 is 1.14 bits per heavy atom. The monoisotopic (exact) mass is 410 g/mol. The van der Waals surface area contributed by atoms with Crippen LogP contribution in [0.1, 0.15) is 60.5 Å². The highest BCUT2D eigenvalue weighted by atomic mass is 19.1. The summed E-state index contributed by atoms with van der Waals surface area (Å²) >= 11 is 0. The van der Waals surface area contributed by atoms with Crippen molar-refractivity contribution in [1.29, 1.82) is 0 Å². The lowest BCUT2D eigenvalue weighted by Crippen LogP contribution is -2.53. The fourth-order valence-corrected chi connectivity index (χ4v) is 3.49. The van der Waals surface area contributed by atoms with E-state index in [-0.39, 0.29) is 29.8 Å². The van der Waals surface area contributed by atoms with Gasteiger partial charge in [-0.2, -0.15) is 0 Å². The summed E-state index contributed by atoms with van der Waals surface area (Å²) in [6, 6.07) is 0.729. The van der Waals surface area contributed by atoms with Gasteiger partial charge in [0.1, 0.15) is 11.9 Å². The molecule has 0 spiro atoms. The first kappa shape index (κ1) is 12.3. The molecule has 1 aromatic carbocycles. The number of halogens is 1. The van der Waals surface area contributed by atoms with E-state index in [1.165, 1.54) is 20.8 Å². The van der Waals surface area contributed by atoms with E-state index in [1.54, 1.807) is 0 Å². The highest BCUT2D eigenvalue weighted by Crippen LogP contribution is 2.33. The number of piperazine rings is 1. The topological polar surface area (TPSA) is 73.0 Å². The van der Waals surface area contributed by atoms with Crippen LogP contribution in [-0.2, 0) is 16.1 Å². The van der Waals surface area contributed by atoms with Crippen molar-refractivity contribution in [3.8, 4) is 0 Å². The number of fused-ring (bicyclic) bond motifs is 1. The lowest BCUT2D eigenvalue weighted by Gasteiger charge is -2.43. The molecule has 29 heavy (non-hydrogen) atoms. The van der Waals surface area contributed by atoms with E-state index < -0.39 is 72.4 Å². The van der Waals surface area contributed by atoms with Crippen LogP contribution in [0, 0.1) is 5.82 Å². The fourth-order valence-electron chi connectivity index (χ4n) is 3.49. The van der Waals surface area contributed by atoms with Crippen molar-refractivity contribution in [1.82, 2.24) is 15.1 Å². The second kappa shape index (κ2) is 7.09. The van der Waals surface area contributed by atoms with E-state index in [0.29, 0.717) is 11.0 Å². The molecule has 4 rings (SSSR count). The van der Waals surface area contributed by atoms with Gasteiger partial charge in [0.2, 0.25) is 11.8 Å². The molecular weight excluding hydrogens is 375 g/mol. The van der Waals surface area contributed by atoms with E-state index in [4.69, 9.17) is 11.0 Å². The minimum atomic E-state index is -3.21. The van der Waals surface area contributed by atoms with Gasteiger partial charge in [-0.1, -0.05) is 0 Å². The predicted octanol–water partition coefficient (Wildman–Crippen LogP) is 1.51. The minimum Gasteiger partial charge on any atom is -0.369 e. The number of nitrogens with one attached hydrogen (secondary N) is 1. The summed E-state index contributed by atoms with van der Waals surface area (Å²) in [5.41, 5.74) is -2.27. The van der Waals surface area contributed by atoms with E-state index in [2.05, 4.69) is 5.32 Å². The van der Waals surface area contributed by atoms with Crippen molar-refractivity contribution in [2.45, 2.75) is 51.7 Å². The third-order valence-corrected chi connectivity index (χ3v) is 5.03. The number of carbonyl (C=O) groups is 3. The first-order chi connectivity index (χ1) is 16.7. The Labute approximate surface area is 181 Å². The molecule has 2 saturated heterocycles. The van der Waals surface area contributed by atoms with Crippen molar-refractivity contribution in [2.75, 3.05) is 30.9 Å². The maximum Gasteiger partial charge on any atom is 0.258 e. The molecule has 1 aromatic rings. The van der Waals surface area contributed by atoms with Crippen molar-refractivity contribution < 1.29 is 29.7 Å². The highest BCUT2D eigenvalue weighted by Gasteiger charge is 2.41. The smallest absolute Gasteiger partial charge is 0.258 e. The molecule has 1 N–H and O–H groups in total. The lowest BCUT2D eigenvalue weighted by atomic mass is 10.0. The van der Waals surface area contributed by atoms with Crippen molar-refractivity contribution in [3.05, 3.63) is 29.1 Å². The lowest BCUT2D eigenvalue weighted by molar-refractivity contribution is -0.136. The van der Waals surface area contributed by atoms with Gasteiger partial charge >= 0.3 is 0 Å². The van der Waals surface area contributed by atoms with Crippen molar-refractivity contribution >= 4 is 23.4 Å². The fraction of sp³-hybridized carbons (Fsp3) is 0.571. The second-order valence-electron chi connectivity index (χ2n) is 8.15. The van der Waals surface area contributed by atoms with Gasteiger partial charge < -0.3 is 9.80 Å². The van der Waals surface area contributed by atoms with E-state index in [1.807, 2.05) is 0 Å². The van der Waals surface area contributed by atoms with E-state index >= 15 is 4.39 Å². The summed E-state index contributed by atoms with van der Waals surface area (Å²) in [4.78, 5) is 38.6. The quantitative estimate of drug-likeness (QED) is 0.749. The average Bonchev–Trinajstić information content (AvgIpc) is 3.01. The number of imide groups is 1. The molecule has 7 nitrogen and oxygen atoms in total. The molecule has 3 heterocycles. The van der Waals surface area contributed by atoms with Crippen molar-refractivity contribution in [3.63, 3.8) is 0 Å². The third-order valence-electron chi connectivity index (χ3n) is 5.03. The number of piperidine rings is 1. The first-order valence-electron chi connectivity index (χ1n) is 13.2. The Morgan fingerprint density at radius 2 is 1.83 bits per heavy atom. The number of anilines is 1.